The van der Waals surface area contributed by atoms with E-state index < -0.39 is 5.97 Å². The second-order valence-corrected chi connectivity index (χ2v) is 6.31. The first-order valence-corrected chi connectivity index (χ1v) is 8.55. The third-order valence-electron chi connectivity index (χ3n) is 4.26. The van der Waals surface area contributed by atoms with Crippen LogP contribution in [0.15, 0.2) is 6.07 Å². The lowest BCUT2D eigenvalue weighted by Gasteiger charge is -2.27. The topological polar surface area (TPSA) is 75.5 Å². The van der Waals surface area contributed by atoms with Gasteiger partial charge in [-0.15, -0.1) is 11.6 Å². The van der Waals surface area contributed by atoms with E-state index in [0.29, 0.717) is 29.3 Å². The minimum atomic E-state index is -0.502. The van der Waals surface area contributed by atoms with E-state index in [0.717, 1.165) is 25.9 Å². The van der Waals surface area contributed by atoms with Crippen molar-refractivity contribution in [1.29, 1.82) is 0 Å². The first-order chi connectivity index (χ1) is 11.7. The molecule has 0 bridgehead atoms. The Hall–Kier alpha value is -1.86. The number of carbonyl (C=O) groups excluding carboxylic acids is 1. The molecule has 1 aliphatic carbocycles. The third-order valence-corrected chi connectivity index (χ3v) is 4.50. The van der Waals surface area contributed by atoms with Crippen molar-refractivity contribution in [1.82, 2.24) is 14.5 Å². The van der Waals surface area contributed by atoms with E-state index in [-0.39, 0.29) is 23.8 Å². The van der Waals surface area contributed by atoms with Crippen molar-refractivity contribution in [3.8, 4) is 5.75 Å². The lowest BCUT2D eigenvalue weighted by molar-refractivity contribution is -0.0590. The molecule has 0 radical (unpaired) electrons. The Morgan fingerprint density at radius 2 is 2.21 bits per heavy atom. The van der Waals surface area contributed by atoms with Crippen LogP contribution >= 0.6 is 11.6 Å². The molecule has 0 unspecified atom stereocenters. The third kappa shape index (κ3) is 2.82. The Morgan fingerprint density at radius 3 is 2.79 bits per heavy atom. The summed E-state index contributed by atoms with van der Waals surface area (Å²) in [7, 11) is 1.33. The second kappa shape index (κ2) is 6.22. The van der Waals surface area contributed by atoms with Crippen LogP contribution in [0, 0.1) is 0 Å². The summed E-state index contributed by atoms with van der Waals surface area (Å²) < 4.78 is 18.2. The number of halogens is 1. The van der Waals surface area contributed by atoms with Crippen molar-refractivity contribution < 1.29 is 19.0 Å². The fourth-order valence-electron chi connectivity index (χ4n) is 2.70. The summed E-state index contributed by atoms with van der Waals surface area (Å²) in [5.41, 5.74) is 1.42. The SMILES string of the molecule is COC(=O)c1cc(OC2CC2)c2nc(CCl)n(C[C@@H]3CCO3)c2n1. The molecule has 0 spiro atoms. The second-order valence-electron chi connectivity index (χ2n) is 6.04. The molecule has 0 aromatic carbocycles. The zero-order valence-electron chi connectivity index (χ0n) is 13.3. The van der Waals surface area contributed by atoms with Gasteiger partial charge in [0.2, 0.25) is 0 Å². The molecule has 4 rings (SSSR count). The van der Waals surface area contributed by atoms with Gasteiger partial charge in [-0.05, 0) is 19.3 Å². The Balaban J connectivity index is 1.83. The number of imidazole rings is 1. The van der Waals surface area contributed by atoms with E-state index in [1.807, 2.05) is 4.57 Å². The van der Waals surface area contributed by atoms with E-state index in [9.17, 15) is 4.79 Å². The summed E-state index contributed by atoms with van der Waals surface area (Å²) in [6.07, 6.45) is 3.32. The maximum Gasteiger partial charge on any atom is 0.356 e. The number of nitrogens with zero attached hydrogens (tertiary/aromatic N) is 3. The predicted octanol–water partition coefficient (Wildman–Crippen LogP) is 2.29. The van der Waals surface area contributed by atoms with Crippen molar-refractivity contribution in [3.63, 3.8) is 0 Å². The molecule has 2 fully saturated rings. The lowest BCUT2D eigenvalue weighted by Crippen LogP contribution is -2.31. The van der Waals surface area contributed by atoms with Gasteiger partial charge in [0, 0.05) is 12.7 Å². The molecule has 128 valence electrons. The number of esters is 1. The van der Waals surface area contributed by atoms with Gasteiger partial charge in [0.05, 0.1) is 31.7 Å². The normalized spacial score (nSPS) is 20.0. The van der Waals surface area contributed by atoms with Crippen LogP contribution in [0.5, 0.6) is 5.75 Å². The quantitative estimate of drug-likeness (QED) is 0.587. The summed E-state index contributed by atoms with van der Waals surface area (Å²) in [6, 6.07) is 1.60. The number of alkyl halides is 1. The van der Waals surface area contributed by atoms with Crippen molar-refractivity contribution in [3.05, 3.63) is 17.6 Å². The molecule has 0 amide bonds. The molecule has 1 saturated heterocycles. The van der Waals surface area contributed by atoms with E-state index in [4.69, 9.17) is 25.8 Å². The molecular weight excluding hydrogens is 334 g/mol. The number of rotatable bonds is 6. The summed E-state index contributed by atoms with van der Waals surface area (Å²) in [4.78, 5) is 21.0. The van der Waals surface area contributed by atoms with Crippen molar-refractivity contribution >= 4 is 28.7 Å². The highest BCUT2D eigenvalue weighted by atomic mass is 35.5. The average Bonchev–Trinajstić information content (AvgIpc) is 3.29. The molecule has 2 aromatic heterocycles. The van der Waals surface area contributed by atoms with E-state index in [1.165, 1.54) is 7.11 Å². The van der Waals surface area contributed by atoms with Gasteiger partial charge in [-0.3, -0.25) is 0 Å². The van der Waals surface area contributed by atoms with Crippen LogP contribution < -0.4 is 4.74 Å². The summed E-state index contributed by atoms with van der Waals surface area (Å²) >= 11 is 6.06. The molecule has 1 saturated carbocycles. The van der Waals surface area contributed by atoms with Gasteiger partial charge in [-0.2, -0.15) is 0 Å². The van der Waals surface area contributed by atoms with E-state index in [2.05, 4.69) is 9.97 Å². The maximum atomic E-state index is 12.0. The van der Waals surface area contributed by atoms with E-state index in [1.54, 1.807) is 6.07 Å². The summed E-state index contributed by atoms with van der Waals surface area (Å²) in [5.74, 6) is 0.997. The summed E-state index contributed by atoms with van der Waals surface area (Å²) in [6.45, 7) is 1.38. The molecule has 2 aliphatic rings. The average molecular weight is 352 g/mol. The Morgan fingerprint density at radius 1 is 1.42 bits per heavy atom. The summed E-state index contributed by atoms with van der Waals surface area (Å²) in [5, 5.41) is 0. The smallest absolute Gasteiger partial charge is 0.356 e. The van der Waals surface area contributed by atoms with E-state index >= 15 is 0 Å². The standard InChI is InChI=1S/C16H18ClN3O4/c1-22-16(21)11-6-12(24-9-2-3-9)14-15(18-11)20(13(7-17)19-14)8-10-4-5-23-10/h6,9-10H,2-5,7-8H2,1H3/t10-/m0/s1. The van der Waals surface area contributed by atoms with Crippen LogP contribution in [0.4, 0.5) is 0 Å². The Bertz CT molecular complexity index is 783. The van der Waals surface area contributed by atoms with Crippen molar-refractivity contribution in [2.75, 3.05) is 13.7 Å². The predicted molar refractivity (Wildman–Crippen MR) is 86.4 cm³/mol. The Kier molecular flexibility index (Phi) is 4.05. The molecule has 1 atom stereocenters. The number of aromatic nitrogens is 3. The zero-order valence-corrected chi connectivity index (χ0v) is 14.1. The number of fused-ring (bicyclic) bond motifs is 1. The highest BCUT2D eigenvalue weighted by molar-refractivity contribution is 6.16. The molecule has 7 nitrogen and oxygen atoms in total. The van der Waals surface area contributed by atoms with Gasteiger partial charge in [-0.25, -0.2) is 14.8 Å². The maximum absolute atomic E-state index is 12.0. The number of hydrogen-bond acceptors (Lipinski definition) is 6. The first-order valence-electron chi connectivity index (χ1n) is 8.02. The van der Waals surface area contributed by atoms with Gasteiger partial charge in [0.15, 0.2) is 22.6 Å². The van der Waals surface area contributed by atoms with Crippen LogP contribution in [-0.4, -0.2) is 46.4 Å². The highest BCUT2D eigenvalue weighted by Crippen LogP contribution is 2.33. The molecule has 24 heavy (non-hydrogen) atoms. The van der Waals surface area contributed by atoms with Crippen LogP contribution in [0.3, 0.4) is 0 Å². The van der Waals surface area contributed by atoms with Crippen molar-refractivity contribution in [2.45, 2.75) is 43.9 Å². The van der Waals surface area contributed by atoms with Gasteiger partial charge < -0.3 is 18.8 Å². The number of pyridine rings is 1. The number of ether oxygens (including phenoxy) is 3. The molecule has 0 N–H and O–H groups in total. The van der Waals surface area contributed by atoms with Gasteiger partial charge in [0.25, 0.3) is 0 Å². The molecule has 2 aromatic rings. The van der Waals surface area contributed by atoms with Gasteiger partial charge in [-0.1, -0.05) is 0 Å². The fourth-order valence-corrected chi connectivity index (χ4v) is 2.90. The largest absolute Gasteiger partial charge is 0.488 e. The lowest BCUT2D eigenvalue weighted by atomic mass is 10.2. The number of carbonyl (C=O) groups is 1. The highest BCUT2D eigenvalue weighted by Gasteiger charge is 2.28. The zero-order chi connectivity index (χ0) is 16.7. The van der Waals surface area contributed by atoms with Crippen molar-refractivity contribution in [2.24, 2.45) is 0 Å². The van der Waals surface area contributed by atoms with Crippen LogP contribution in [0.2, 0.25) is 0 Å². The minimum Gasteiger partial charge on any atom is -0.488 e. The van der Waals surface area contributed by atoms with Crippen LogP contribution in [-0.2, 0) is 21.9 Å². The fraction of sp³-hybridized carbons (Fsp3) is 0.562. The molecular formula is C16H18ClN3O4. The van der Waals surface area contributed by atoms with Crippen LogP contribution in [0.1, 0.15) is 35.6 Å². The molecule has 3 heterocycles. The van der Waals surface area contributed by atoms with Gasteiger partial charge >= 0.3 is 5.97 Å². The number of hydrogen-bond donors (Lipinski definition) is 0. The Labute approximate surface area is 143 Å². The first kappa shape index (κ1) is 15.7. The number of methoxy groups -OCH3 is 1. The monoisotopic (exact) mass is 351 g/mol. The molecule has 1 aliphatic heterocycles. The van der Waals surface area contributed by atoms with Crippen LogP contribution in [0.25, 0.3) is 11.2 Å². The minimum absolute atomic E-state index is 0.126. The molecule has 8 heteroatoms. The van der Waals surface area contributed by atoms with Gasteiger partial charge in [0.1, 0.15) is 5.82 Å².